The summed E-state index contributed by atoms with van der Waals surface area (Å²) in [6.07, 6.45) is -0.363. The molecule has 0 radical (unpaired) electrons. The molecule has 5 heteroatoms. The van der Waals surface area contributed by atoms with Crippen LogP contribution in [-0.4, -0.2) is 41.8 Å². The van der Waals surface area contributed by atoms with Crippen LogP contribution in [0.3, 0.4) is 0 Å². The van der Waals surface area contributed by atoms with Gasteiger partial charge in [-0.2, -0.15) is 0 Å². The number of esters is 1. The number of carboxylic acid groups (broad SMARTS) is 1. The van der Waals surface area contributed by atoms with Gasteiger partial charge in [0.2, 0.25) is 0 Å². The van der Waals surface area contributed by atoms with Crippen LogP contribution >= 0.6 is 0 Å². The maximum Gasteiger partial charge on any atom is 0.407 e. The monoisotopic (exact) mass is 243 g/mol. The standard InChI is InChI=1S/C12H21NO4/c1-5-12(6-13(7-12)10(15)16)9(14)17-8-11(2,3)4/h5-8H2,1-4H3,(H,15,16). The number of amides is 1. The summed E-state index contributed by atoms with van der Waals surface area (Å²) in [7, 11) is 0. The predicted octanol–water partition coefficient (Wildman–Crippen LogP) is 1.97. The fourth-order valence-electron chi connectivity index (χ4n) is 1.75. The lowest BCUT2D eigenvalue weighted by molar-refractivity contribution is -0.168. The minimum atomic E-state index is -0.974. The Morgan fingerprint density at radius 2 is 1.88 bits per heavy atom. The van der Waals surface area contributed by atoms with Crippen LogP contribution in [0.15, 0.2) is 0 Å². The predicted molar refractivity (Wildman–Crippen MR) is 62.7 cm³/mol. The number of hydrogen-bond donors (Lipinski definition) is 1. The van der Waals surface area contributed by atoms with Gasteiger partial charge in [-0.3, -0.25) is 4.79 Å². The van der Waals surface area contributed by atoms with Crippen molar-refractivity contribution < 1.29 is 19.4 Å². The van der Waals surface area contributed by atoms with E-state index >= 15 is 0 Å². The smallest absolute Gasteiger partial charge is 0.407 e. The maximum absolute atomic E-state index is 12.0. The molecule has 1 rings (SSSR count). The summed E-state index contributed by atoms with van der Waals surface area (Å²) in [5.74, 6) is -0.271. The van der Waals surface area contributed by atoms with Crippen molar-refractivity contribution in [3.63, 3.8) is 0 Å². The molecule has 1 saturated heterocycles. The third-order valence-corrected chi connectivity index (χ3v) is 3.00. The molecule has 0 aromatic carbocycles. The number of nitrogens with zero attached hydrogens (tertiary/aromatic N) is 1. The Kier molecular flexibility index (Phi) is 3.69. The van der Waals surface area contributed by atoms with E-state index in [1.165, 1.54) is 4.90 Å². The largest absolute Gasteiger partial charge is 0.465 e. The highest BCUT2D eigenvalue weighted by Crippen LogP contribution is 2.35. The van der Waals surface area contributed by atoms with Crippen LogP contribution in [0.5, 0.6) is 0 Å². The molecule has 0 aromatic rings. The van der Waals surface area contributed by atoms with Crippen molar-refractivity contribution in [2.45, 2.75) is 34.1 Å². The van der Waals surface area contributed by atoms with E-state index in [4.69, 9.17) is 9.84 Å². The van der Waals surface area contributed by atoms with Crippen LogP contribution in [0.4, 0.5) is 4.79 Å². The van der Waals surface area contributed by atoms with Crippen LogP contribution in [-0.2, 0) is 9.53 Å². The Morgan fingerprint density at radius 3 is 2.24 bits per heavy atom. The van der Waals surface area contributed by atoms with Crippen molar-refractivity contribution >= 4 is 12.1 Å². The SMILES string of the molecule is CCC1(C(=O)OCC(C)(C)C)CN(C(=O)O)C1. The first kappa shape index (κ1) is 13.8. The van der Waals surface area contributed by atoms with Crippen LogP contribution in [0, 0.1) is 10.8 Å². The first-order valence-corrected chi connectivity index (χ1v) is 5.85. The Balaban J connectivity index is 2.53. The molecule has 0 unspecified atom stereocenters. The second kappa shape index (κ2) is 4.55. The van der Waals surface area contributed by atoms with E-state index in [2.05, 4.69) is 0 Å². The minimum absolute atomic E-state index is 0.0686. The second-order valence-corrected chi connectivity index (χ2v) is 5.91. The van der Waals surface area contributed by atoms with Gasteiger partial charge in [0.25, 0.3) is 0 Å². The molecule has 0 spiro atoms. The average Bonchev–Trinajstić information content (AvgIpc) is 2.12. The molecule has 5 nitrogen and oxygen atoms in total. The van der Waals surface area contributed by atoms with Gasteiger partial charge in [-0.05, 0) is 11.8 Å². The lowest BCUT2D eigenvalue weighted by atomic mass is 9.77. The van der Waals surface area contributed by atoms with Gasteiger partial charge in [0.05, 0.1) is 6.61 Å². The average molecular weight is 243 g/mol. The van der Waals surface area contributed by atoms with Crippen molar-refractivity contribution in [3.05, 3.63) is 0 Å². The normalized spacial score (nSPS) is 18.5. The van der Waals surface area contributed by atoms with Crippen LogP contribution in [0.1, 0.15) is 34.1 Å². The maximum atomic E-state index is 12.0. The van der Waals surface area contributed by atoms with Gasteiger partial charge in [0, 0.05) is 13.1 Å². The highest BCUT2D eigenvalue weighted by Gasteiger charge is 2.51. The van der Waals surface area contributed by atoms with Gasteiger partial charge in [-0.25, -0.2) is 4.79 Å². The van der Waals surface area contributed by atoms with Crippen LogP contribution in [0.25, 0.3) is 0 Å². The first-order valence-electron chi connectivity index (χ1n) is 5.85. The molecule has 0 aromatic heterocycles. The summed E-state index contributed by atoms with van der Waals surface area (Å²) in [6.45, 7) is 8.72. The lowest BCUT2D eigenvalue weighted by Gasteiger charge is -2.46. The molecule has 0 aliphatic carbocycles. The topological polar surface area (TPSA) is 66.8 Å². The molecule has 1 N–H and O–H groups in total. The zero-order valence-corrected chi connectivity index (χ0v) is 10.9. The first-order chi connectivity index (χ1) is 7.70. The third-order valence-electron chi connectivity index (χ3n) is 3.00. The molecule has 1 heterocycles. The Morgan fingerprint density at radius 1 is 1.35 bits per heavy atom. The van der Waals surface area contributed by atoms with Gasteiger partial charge in [-0.1, -0.05) is 27.7 Å². The molecule has 1 fully saturated rings. The summed E-state index contributed by atoms with van der Waals surface area (Å²) in [4.78, 5) is 23.9. The van der Waals surface area contributed by atoms with E-state index in [0.29, 0.717) is 13.0 Å². The van der Waals surface area contributed by atoms with Crippen molar-refractivity contribution in [1.29, 1.82) is 0 Å². The zero-order valence-electron chi connectivity index (χ0n) is 10.9. The fourth-order valence-corrected chi connectivity index (χ4v) is 1.75. The zero-order chi connectivity index (χ0) is 13.3. The van der Waals surface area contributed by atoms with Crippen LogP contribution < -0.4 is 0 Å². The minimum Gasteiger partial charge on any atom is -0.465 e. The highest BCUT2D eigenvalue weighted by atomic mass is 16.5. The molecule has 1 aliphatic rings. The molecule has 0 bridgehead atoms. The van der Waals surface area contributed by atoms with E-state index in [-0.39, 0.29) is 24.5 Å². The van der Waals surface area contributed by atoms with Gasteiger partial charge in [0.1, 0.15) is 5.41 Å². The van der Waals surface area contributed by atoms with E-state index in [1.54, 1.807) is 0 Å². The second-order valence-electron chi connectivity index (χ2n) is 5.91. The fraction of sp³-hybridized carbons (Fsp3) is 0.833. The number of carbonyl (C=O) groups is 2. The Hall–Kier alpha value is -1.26. The highest BCUT2D eigenvalue weighted by molar-refractivity contribution is 5.81. The van der Waals surface area contributed by atoms with E-state index in [1.807, 2.05) is 27.7 Å². The lowest BCUT2D eigenvalue weighted by Crippen LogP contribution is -2.62. The van der Waals surface area contributed by atoms with Gasteiger partial charge < -0.3 is 14.7 Å². The number of rotatable bonds is 3. The van der Waals surface area contributed by atoms with Crippen molar-refractivity contribution in [1.82, 2.24) is 4.90 Å². The molecule has 0 atom stereocenters. The van der Waals surface area contributed by atoms with Crippen LogP contribution in [0.2, 0.25) is 0 Å². The molecule has 17 heavy (non-hydrogen) atoms. The molecule has 1 amide bonds. The number of ether oxygens (including phenoxy) is 1. The van der Waals surface area contributed by atoms with Crippen molar-refractivity contribution in [2.24, 2.45) is 10.8 Å². The molecular formula is C12H21NO4. The summed E-state index contributed by atoms with van der Waals surface area (Å²) in [5, 5.41) is 8.78. The summed E-state index contributed by atoms with van der Waals surface area (Å²) in [6, 6.07) is 0. The van der Waals surface area contributed by atoms with Gasteiger partial charge in [0.15, 0.2) is 0 Å². The molecule has 0 saturated carbocycles. The van der Waals surface area contributed by atoms with E-state index in [9.17, 15) is 9.59 Å². The summed E-state index contributed by atoms with van der Waals surface area (Å²) >= 11 is 0. The van der Waals surface area contributed by atoms with Crippen molar-refractivity contribution in [2.75, 3.05) is 19.7 Å². The quantitative estimate of drug-likeness (QED) is 0.769. The number of likely N-dealkylation sites (tertiary alicyclic amines) is 1. The van der Waals surface area contributed by atoms with Crippen molar-refractivity contribution in [3.8, 4) is 0 Å². The molecule has 1 aliphatic heterocycles. The Bertz CT molecular complexity index is 313. The summed E-state index contributed by atoms with van der Waals surface area (Å²) < 4.78 is 5.27. The number of hydrogen-bond acceptors (Lipinski definition) is 3. The third kappa shape index (κ3) is 3.11. The van der Waals surface area contributed by atoms with Gasteiger partial charge >= 0.3 is 12.1 Å². The Labute approximate surface area is 102 Å². The molecular weight excluding hydrogens is 222 g/mol. The van der Waals surface area contributed by atoms with Gasteiger partial charge in [-0.15, -0.1) is 0 Å². The molecule has 98 valence electrons. The summed E-state index contributed by atoms with van der Waals surface area (Å²) in [5.41, 5.74) is -0.690. The van der Waals surface area contributed by atoms with E-state index in [0.717, 1.165) is 0 Å². The number of carbonyl (C=O) groups excluding carboxylic acids is 1. The van der Waals surface area contributed by atoms with E-state index < -0.39 is 11.5 Å².